The first-order chi connectivity index (χ1) is 10.7. The smallest absolute Gasteiger partial charge is 0.0469 e. The molecule has 118 valence electrons. The van der Waals surface area contributed by atoms with Crippen molar-refractivity contribution in [1.82, 2.24) is 4.90 Å². The Labute approximate surface area is 137 Å². The molecule has 3 heteroatoms. The highest BCUT2D eigenvalue weighted by Crippen LogP contribution is 2.28. The minimum atomic E-state index is 0.793. The molecule has 1 fully saturated rings. The lowest BCUT2D eigenvalue weighted by Crippen LogP contribution is -2.29. The van der Waals surface area contributed by atoms with Crippen molar-refractivity contribution in [3.05, 3.63) is 46.8 Å². The van der Waals surface area contributed by atoms with Crippen LogP contribution in [-0.2, 0) is 11.3 Å². The predicted octanol–water partition coefficient (Wildman–Crippen LogP) is 4.58. The van der Waals surface area contributed by atoms with Crippen LogP contribution >= 0.6 is 11.3 Å². The van der Waals surface area contributed by atoms with Gasteiger partial charge in [0.25, 0.3) is 0 Å². The summed E-state index contributed by atoms with van der Waals surface area (Å²) < 4.78 is 5.45. The van der Waals surface area contributed by atoms with Gasteiger partial charge in [0, 0.05) is 36.1 Å². The topological polar surface area (TPSA) is 12.5 Å². The first-order valence-electron chi connectivity index (χ1n) is 8.13. The van der Waals surface area contributed by atoms with Crippen molar-refractivity contribution in [1.29, 1.82) is 0 Å². The number of nitrogens with zero attached hydrogens (tertiary/aromatic N) is 1. The molecule has 2 aromatic rings. The Morgan fingerprint density at radius 1 is 1.18 bits per heavy atom. The molecule has 0 saturated carbocycles. The van der Waals surface area contributed by atoms with Gasteiger partial charge in [-0.1, -0.05) is 18.2 Å². The van der Waals surface area contributed by atoms with Crippen LogP contribution in [0.5, 0.6) is 0 Å². The lowest BCUT2D eigenvalue weighted by atomic mass is 9.99. The fourth-order valence-electron chi connectivity index (χ4n) is 3.16. The highest BCUT2D eigenvalue weighted by atomic mass is 32.1. The van der Waals surface area contributed by atoms with Crippen molar-refractivity contribution in [2.45, 2.75) is 26.3 Å². The quantitative estimate of drug-likeness (QED) is 0.800. The lowest BCUT2D eigenvalue weighted by molar-refractivity contribution is 0.0549. The molecular formula is C19H25NOS. The SMILES string of the molecule is Cc1ccc(-c2cccc(CN(C)CC3CCOCC3)c2)s1. The number of aryl methyl sites for hydroxylation is 1. The molecule has 0 spiro atoms. The third kappa shape index (κ3) is 4.19. The van der Waals surface area contributed by atoms with E-state index in [4.69, 9.17) is 4.74 Å². The third-order valence-corrected chi connectivity index (χ3v) is 5.36. The normalized spacial score (nSPS) is 16.3. The molecule has 1 aliphatic rings. The molecular weight excluding hydrogens is 290 g/mol. The van der Waals surface area contributed by atoms with Gasteiger partial charge in [-0.05, 0) is 62.1 Å². The Bertz CT molecular complexity index is 601. The van der Waals surface area contributed by atoms with Crippen LogP contribution in [0.4, 0.5) is 0 Å². The fourth-order valence-corrected chi connectivity index (χ4v) is 4.02. The average Bonchev–Trinajstić information content (AvgIpc) is 2.95. The Balaban J connectivity index is 1.62. The molecule has 1 saturated heterocycles. The zero-order chi connectivity index (χ0) is 15.4. The Hall–Kier alpha value is -1.16. The lowest BCUT2D eigenvalue weighted by Gasteiger charge is -2.27. The first-order valence-corrected chi connectivity index (χ1v) is 8.94. The van der Waals surface area contributed by atoms with Gasteiger partial charge < -0.3 is 9.64 Å². The van der Waals surface area contributed by atoms with Crippen LogP contribution in [0.2, 0.25) is 0 Å². The maximum atomic E-state index is 5.45. The number of hydrogen-bond donors (Lipinski definition) is 0. The standard InChI is InChI=1S/C19H25NOS/c1-15-6-7-19(22-15)18-5-3-4-17(12-18)14-20(2)13-16-8-10-21-11-9-16/h3-7,12,16H,8-11,13-14H2,1-2H3. The van der Waals surface area contributed by atoms with Crippen LogP contribution in [0.1, 0.15) is 23.3 Å². The number of ether oxygens (including phenoxy) is 1. The molecule has 1 aliphatic heterocycles. The molecule has 1 aromatic carbocycles. The van der Waals surface area contributed by atoms with Gasteiger partial charge in [-0.2, -0.15) is 0 Å². The third-order valence-electron chi connectivity index (χ3n) is 4.32. The van der Waals surface area contributed by atoms with Gasteiger partial charge in [-0.15, -0.1) is 11.3 Å². The second-order valence-electron chi connectivity index (χ2n) is 6.36. The van der Waals surface area contributed by atoms with E-state index in [0.717, 1.165) is 25.7 Å². The van der Waals surface area contributed by atoms with Crippen molar-refractivity contribution in [2.24, 2.45) is 5.92 Å². The number of benzene rings is 1. The fraction of sp³-hybridized carbons (Fsp3) is 0.474. The number of thiophene rings is 1. The highest BCUT2D eigenvalue weighted by Gasteiger charge is 2.15. The summed E-state index contributed by atoms with van der Waals surface area (Å²) in [5.41, 5.74) is 2.74. The van der Waals surface area contributed by atoms with Crippen molar-refractivity contribution in [3.63, 3.8) is 0 Å². The van der Waals surface area contributed by atoms with E-state index in [1.54, 1.807) is 0 Å². The molecule has 1 aromatic heterocycles. The van der Waals surface area contributed by atoms with Crippen molar-refractivity contribution >= 4 is 11.3 Å². The second kappa shape index (κ2) is 7.40. The van der Waals surface area contributed by atoms with Gasteiger partial charge >= 0.3 is 0 Å². The zero-order valence-electron chi connectivity index (χ0n) is 13.5. The Kier molecular flexibility index (Phi) is 5.29. The molecule has 0 bridgehead atoms. The van der Waals surface area contributed by atoms with E-state index in [1.807, 2.05) is 11.3 Å². The highest BCUT2D eigenvalue weighted by molar-refractivity contribution is 7.15. The van der Waals surface area contributed by atoms with Gasteiger partial charge in [0.2, 0.25) is 0 Å². The molecule has 0 atom stereocenters. The molecule has 0 radical (unpaired) electrons. The Morgan fingerprint density at radius 2 is 2.00 bits per heavy atom. The Morgan fingerprint density at radius 3 is 2.73 bits per heavy atom. The van der Waals surface area contributed by atoms with E-state index in [-0.39, 0.29) is 0 Å². The van der Waals surface area contributed by atoms with Gasteiger partial charge in [-0.25, -0.2) is 0 Å². The minimum Gasteiger partial charge on any atom is -0.381 e. The number of hydrogen-bond acceptors (Lipinski definition) is 3. The summed E-state index contributed by atoms with van der Waals surface area (Å²) in [5.74, 6) is 0.793. The van der Waals surface area contributed by atoms with Gasteiger partial charge in [0.15, 0.2) is 0 Å². The van der Waals surface area contributed by atoms with E-state index >= 15 is 0 Å². The monoisotopic (exact) mass is 315 g/mol. The van der Waals surface area contributed by atoms with Crippen LogP contribution in [0, 0.1) is 12.8 Å². The van der Waals surface area contributed by atoms with Crippen LogP contribution in [0.3, 0.4) is 0 Å². The maximum absolute atomic E-state index is 5.45. The average molecular weight is 315 g/mol. The molecule has 0 N–H and O–H groups in total. The van der Waals surface area contributed by atoms with E-state index in [2.05, 4.69) is 55.3 Å². The molecule has 0 aliphatic carbocycles. The van der Waals surface area contributed by atoms with Crippen LogP contribution in [0.15, 0.2) is 36.4 Å². The molecule has 3 rings (SSSR count). The van der Waals surface area contributed by atoms with E-state index in [0.29, 0.717) is 0 Å². The molecule has 22 heavy (non-hydrogen) atoms. The largest absolute Gasteiger partial charge is 0.381 e. The zero-order valence-corrected chi connectivity index (χ0v) is 14.4. The molecule has 2 heterocycles. The van der Waals surface area contributed by atoms with Crippen LogP contribution < -0.4 is 0 Å². The molecule has 0 amide bonds. The van der Waals surface area contributed by atoms with Crippen molar-refractivity contribution < 1.29 is 4.74 Å². The summed E-state index contributed by atoms with van der Waals surface area (Å²) in [7, 11) is 2.23. The van der Waals surface area contributed by atoms with Gasteiger partial charge in [-0.3, -0.25) is 0 Å². The summed E-state index contributed by atoms with van der Waals surface area (Å²) >= 11 is 1.87. The van der Waals surface area contributed by atoms with Gasteiger partial charge in [0.05, 0.1) is 0 Å². The van der Waals surface area contributed by atoms with Crippen molar-refractivity contribution in [2.75, 3.05) is 26.8 Å². The summed E-state index contributed by atoms with van der Waals surface area (Å²) in [5, 5.41) is 0. The summed E-state index contributed by atoms with van der Waals surface area (Å²) in [6.45, 7) is 6.23. The van der Waals surface area contributed by atoms with E-state index in [9.17, 15) is 0 Å². The van der Waals surface area contributed by atoms with E-state index in [1.165, 1.54) is 40.3 Å². The van der Waals surface area contributed by atoms with E-state index < -0.39 is 0 Å². The minimum absolute atomic E-state index is 0.793. The summed E-state index contributed by atoms with van der Waals surface area (Å²) in [4.78, 5) is 5.19. The summed E-state index contributed by atoms with van der Waals surface area (Å²) in [6.07, 6.45) is 2.41. The van der Waals surface area contributed by atoms with Crippen molar-refractivity contribution in [3.8, 4) is 10.4 Å². The van der Waals surface area contributed by atoms with Gasteiger partial charge in [0.1, 0.15) is 0 Å². The maximum Gasteiger partial charge on any atom is 0.0469 e. The van der Waals surface area contributed by atoms with Crippen LogP contribution in [0.25, 0.3) is 10.4 Å². The molecule has 0 unspecified atom stereocenters. The predicted molar refractivity (Wildman–Crippen MR) is 94.4 cm³/mol. The first kappa shape index (κ1) is 15.7. The number of rotatable bonds is 5. The van der Waals surface area contributed by atoms with Crippen LogP contribution in [-0.4, -0.2) is 31.7 Å². The molecule has 2 nitrogen and oxygen atoms in total. The summed E-state index contributed by atoms with van der Waals surface area (Å²) in [6, 6.07) is 13.4. The second-order valence-corrected chi connectivity index (χ2v) is 7.65.